The van der Waals surface area contributed by atoms with Crippen LogP contribution in [0.25, 0.3) is 0 Å². The van der Waals surface area contributed by atoms with Gasteiger partial charge < -0.3 is 20.9 Å². The zero-order valence-corrected chi connectivity index (χ0v) is 20.0. The number of rotatable bonds is 9. The smallest absolute Gasteiger partial charge is 0.418 e. The van der Waals surface area contributed by atoms with Crippen LogP contribution in [0.3, 0.4) is 0 Å². The Morgan fingerprint density at radius 3 is 2.60 bits per heavy atom. The summed E-state index contributed by atoms with van der Waals surface area (Å²) in [6.45, 7) is 4.21. The van der Waals surface area contributed by atoms with Crippen molar-refractivity contribution in [2.45, 2.75) is 38.8 Å². The second-order valence-corrected chi connectivity index (χ2v) is 9.69. The number of pyridine rings is 1. The van der Waals surface area contributed by atoms with Gasteiger partial charge in [-0.3, -0.25) is 18.9 Å². The van der Waals surface area contributed by atoms with Crippen LogP contribution < -0.4 is 11.2 Å². The second kappa shape index (κ2) is 9.21. The first-order valence-corrected chi connectivity index (χ1v) is 11.8. The van der Waals surface area contributed by atoms with Gasteiger partial charge in [-0.1, -0.05) is 5.16 Å². The fraction of sp³-hybridized carbons (Fsp3) is 0.412. The molecule has 18 heteroatoms. The van der Waals surface area contributed by atoms with Crippen LogP contribution in [0.1, 0.15) is 44.8 Å². The van der Waals surface area contributed by atoms with Crippen LogP contribution in [0.4, 0.5) is 5.13 Å². The fourth-order valence-electron chi connectivity index (χ4n) is 3.21. The maximum atomic E-state index is 13.1. The minimum absolute atomic E-state index is 0.00376. The molecule has 1 fully saturated rings. The number of hydrogen-bond donors (Lipinski definition) is 4. The number of nitrogens with two attached hydrogens (primary N) is 1. The van der Waals surface area contributed by atoms with Gasteiger partial charge >= 0.3 is 10.4 Å². The zero-order chi connectivity index (χ0) is 26.3. The Morgan fingerprint density at radius 1 is 1.40 bits per heavy atom. The molecular formula is C17H20N6O10S2. The van der Waals surface area contributed by atoms with Crippen molar-refractivity contribution in [3.63, 3.8) is 0 Å². The van der Waals surface area contributed by atoms with E-state index < -0.39 is 63.0 Å². The summed E-state index contributed by atoms with van der Waals surface area (Å²) in [6, 6.07) is 0.898. The van der Waals surface area contributed by atoms with Crippen LogP contribution in [0.5, 0.6) is 5.75 Å². The van der Waals surface area contributed by atoms with Gasteiger partial charge in [-0.2, -0.15) is 27.6 Å². The molecule has 1 amide bonds. The molecule has 0 bridgehead atoms. The summed E-state index contributed by atoms with van der Waals surface area (Å²) in [5, 5.41) is 23.5. The van der Waals surface area contributed by atoms with E-state index in [9.17, 15) is 33.1 Å². The topological polar surface area (TPSA) is 237 Å². The first-order valence-electron chi connectivity index (χ1n) is 9.64. The van der Waals surface area contributed by atoms with Crippen LogP contribution >= 0.6 is 11.5 Å². The molecule has 35 heavy (non-hydrogen) atoms. The number of anilines is 1. The minimum Gasteiger partial charge on any atom is -0.503 e. The molecule has 1 aliphatic rings. The van der Waals surface area contributed by atoms with Crippen molar-refractivity contribution >= 4 is 44.5 Å². The largest absolute Gasteiger partial charge is 0.503 e. The molecule has 3 rings (SSSR count). The number of carbonyl (C=O) groups excluding carboxylic acids is 2. The fourth-order valence-corrected chi connectivity index (χ4v) is 4.10. The Kier molecular flexibility index (Phi) is 6.84. The predicted molar refractivity (Wildman–Crippen MR) is 117 cm³/mol. The number of Topliss-reactive ketones (excluding diaryl/α,β-unsaturated/α-hetero) is 1. The Morgan fingerprint density at radius 2 is 2.06 bits per heavy atom. The van der Waals surface area contributed by atoms with Gasteiger partial charge in [0.25, 0.3) is 5.91 Å². The van der Waals surface area contributed by atoms with Crippen LogP contribution in [0.15, 0.2) is 22.2 Å². The number of nitrogens with zero attached hydrogens (tertiary/aromatic N) is 5. The number of β-lactam (4-membered cyclic amide) rings is 1. The molecule has 1 unspecified atom stereocenters. The summed E-state index contributed by atoms with van der Waals surface area (Å²) in [4.78, 5) is 46.3. The number of hydrogen-bond acceptors (Lipinski definition) is 14. The molecule has 5 N–H and O–H groups in total. The third-order valence-corrected chi connectivity index (χ3v) is 5.99. The molecule has 0 radical (unpaired) electrons. The number of carbonyl (C=O) groups is 2. The molecule has 0 aliphatic carbocycles. The zero-order valence-electron chi connectivity index (χ0n) is 18.3. The van der Waals surface area contributed by atoms with Crippen molar-refractivity contribution in [2.24, 2.45) is 11.1 Å². The summed E-state index contributed by atoms with van der Waals surface area (Å²) in [7, 11) is -4.97. The van der Waals surface area contributed by atoms with Gasteiger partial charge in [-0.15, -0.1) is 4.28 Å². The SMILES string of the molecule is CC(O/N=C(\C(=O)C[C@@H]1C(=O)N(OS(=O)(=O)O)C1(C)C)c1nsc(N)n1)c1cc(=O)c(O)cn1O. The maximum Gasteiger partial charge on any atom is 0.418 e. The molecule has 3 heterocycles. The number of amides is 1. The lowest BCUT2D eigenvalue weighted by atomic mass is 9.75. The second-order valence-electron chi connectivity index (χ2n) is 7.90. The lowest BCUT2D eigenvalue weighted by molar-refractivity contribution is -0.228. The van der Waals surface area contributed by atoms with Crippen molar-refractivity contribution in [2.75, 3.05) is 5.73 Å². The molecule has 0 aromatic carbocycles. The van der Waals surface area contributed by atoms with Crippen LogP contribution in [0.2, 0.25) is 0 Å². The normalized spacial score (nSPS) is 18.7. The Hall–Kier alpha value is -3.61. The van der Waals surface area contributed by atoms with E-state index in [2.05, 4.69) is 18.8 Å². The van der Waals surface area contributed by atoms with Gasteiger partial charge in [0, 0.05) is 24.0 Å². The summed E-state index contributed by atoms with van der Waals surface area (Å²) in [5.41, 5.74) is 2.94. The molecule has 16 nitrogen and oxygen atoms in total. The minimum atomic E-state index is -4.97. The highest BCUT2D eigenvalue weighted by Gasteiger charge is 2.57. The Balaban J connectivity index is 1.85. The van der Waals surface area contributed by atoms with Gasteiger partial charge in [0.15, 0.2) is 28.5 Å². The number of hydroxylamine groups is 2. The lowest BCUT2D eigenvalue weighted by Gasteiger charge is -2.50. The van der Waals surface area contributed by atoms with E-state index in [0.717, 1.165) is 23.8 Å². The number of nitrogen functional groups attached to an aromatic ring is 1. The van der Waals surface area contributed by atoms with Gasteiger partial charge in [0.1, 0.15) is 5.69 Å². The molecule has 1 aliphatic heterocycles. The van der Waals surface area contributed by atoms with Crippen molar-refractivity contribution in [3.8, 4) is 5.75 Å². The lowest BCUT2D eigenvalue weighted by Crippen LogP contribution is -2.68. The monoisotopic (exact) mass is 532 g/mol. The molecule has 0 spiro atoms. The summed E-state index contributed by atoms with van der Waals surface area (Å²) in [6.07, 6.45) is -0.843. The number of oxime groups is 1. The average Bonchev–Trinajstić information content (AvgIpc) is 3.17. The average molecular weight is 533 g/mol. The van der Waals surface area contributed by atoms with E-state index in [4.69, 9.17) is 15.1 Å². The van der Waals surface area contributed by atoms with Crippen LogP contribution in [-0.2, 0) is 29.1 Å². The quantitative estimate of drug-likeness (QED) is 0.106. The first-order chi connectivity index (χ1) is 16.1. The van der Waals surface area contributed by atoms with Crippen LogP contribution in [-0.4, -0.2) is 65.4 Å². The molecule has 190 valence electrons. The summed E-state index contributed by atoms with van der Waals surface area (Å²) in [5.74, 6) is -3.64. The van der Waals surface area contributed by atoms with Crippen LogP contribution in [0, 0.1) is 5.92 Å². The molecule has 2 aromatic heterocycles. The van der Waals surface area contributed by atoms with Gasteiger partial charge in [0.05, 0.1) is 17.7 Å². The van der Waals surface area contributed by atoms with Crippen molar-refractivity contribution in [1.82, 2.24) is 19.2 Å². The van der Waals surface area contributed by atoms with E-state index in [1.165, 1.54) is 20.8 Å². The summed E-state index contributed by atoms with van der Waals surface area (Å²) >= 11 is 0.758. The van der Waals surface area contributed by atoms with Crippen molar-refractivity contribution in [3.05, 3.63) is 34.0 Å². The third kappa shape index (κ3) is 5.39. The molecule has 0 saturated carbocycles. The highest BCUT2D eigenvalue weighted by atomic mass is 32.3. The van der Waals surface area contributed by atoms with E-state index >= 15 is 0 Å². The maximum absolute atomic E-state index is 13.1. The molecule has 1 saturated heterocycles. The van der Waals surface area contributed by atoms with E-state index in [-0.39, 0.29) is 16.6 Å². The van der Waals surface area contributed by atoms with E-state index in [1.807, 2.05) is 0 Å². The third-order valence-electron chi connectivity index (χ3n) is 5.11. The number of ketones is 1. The predicted octanol–water partition coefficient (Wildman–Crippen LogP) is -0.363. The van der Waals surface area contributed by atoms with E-state index in [1.54, 1.807) is 0 Å². The molecular weight excluding hydrogens is 512 g/mol. The number of aromatic hydroxyl groups is 1. The highest BCUT2D eigenvalue weighted by Crippen LogP contribution is 2.40. The molecule has 2 atom stereocenters. The van der Waals surface area contributed by atoms with Crippen molar-refractivity contribution < 1.29 is 42.0 Å². The first kappa shape index (κ1) is 26.0. The molecule has 2 aromatic rings. The number of aromatic nitrogens is 3. The van der Waals surface area contributed by atoms with E-state index in [0.29, 0.717) is 9.79 Å². The Labute approximate surface area is 201 Å². The van der Waals surface area contributed by atoms with Crippen molar-refractivity contribution in [1.29, 1.82) is 0 Å². The van der Waals surface area contributed by atoms with Gasteiger partial charge in [-0.25, -0.2) is 0 Å². The van der Waals surface area contributed by atoms with Gasteiger partial charge in [-0.05, 0) is 20.8 Å². The summed E-state index contributed by atoms with van der Waals surface area (Å²) < 4.78 is 39.4. The Bertz CT molecular complexity index is 1370. The standard InChI is InChI=1S/C17H20N6O10S2/c1-7(9-5-10(24)12(26)6-22(9)28)32-20-13(14-19-16(18)34-21-14)11(25)4-8-15(27)23(17(8,2)3)33-35(29,30)31/h5-8,26,28H,4H2,1-3H3,(H2,18,19,21)(H,29,30,31)/b20-13+/t7?,8-/m1/s1. The van der Waals surface area contributed by atoms with Gasteiger partial charge in [0.2, 0.25) is 11.3 Å². The highest BCUT2D eigenvalue weighted by molar-refractivity contribution is 7.80.